The topological polar surface area (TPSA) is 25.1 Å². The lowest BCUT2D eigenvalue weighted by Crippen LogP contribution is -2.49. The van der Waals surface area contributed by atoms with Crippen molar-refractivity contribution in [3.8, 4) is 0 Å². The average molecular weight is 200 g/mol. The molecule has 0 aromatic rings. The zero-order chi connectivity index (χ0) is 10.0. The molecule has 0 spiro atoms. The van der Waals surface area contributed by atoms with Gasteiger partial charge in [-0.05, 0) is 6.42 Å². The van der Waals surface area contributed by atoms with Crippen LogP contribution < -0.4 is 0 Å². The summed E-state index contributed by atoms with van der Waals surface area (Å²) in [7, 11) is 2.35. The Bertz CT molecular complexity index is 174. The number of unbranched alkanes of at least 4 members (excludes halogenated alkanes) is 1. The normalized spacial score (nSPS) is 33.9. The van der Waals surface area contributed by atoms with E-state index in [0.717, 1.165) is 17.7 Å². The van der Waals surface area contributed by atoms with Crippen LogP contribution in [-0.2, 0) is 9.47 Å². The Balaban J connectivity index is 1.79. The molecule has 2 atom stereocenters. The van der Waals surface area contributed by atoms with Gasteiger partial charge in [-0.3, -0.25) is 0 Å². The van der Waals surface area contributed by atoms with Crippen LogP contribution in [0.3, 0.4) is 0 Å². The van der Waals surface area contributed by atoms with Crippen LogP contribution in [0.4, 0.5) is 0 Å². The monoisotopic (exact) mass is 200 g/mol. The van der Waals surface area contributed by atoms with Crippen molar-refractivity contribution in [2.24, 2.45) is 0 Å². The molecular formula is C11H22NO2+. The quantitative estimate of drug-likeness (QED) is 0.453. The van der Waals surface area contributed by atoms with E-state index in [2.05, 4.69) is 14.0 Å². The third-order valence-electron chi connectivity index (χ3n) is 3.15. The van der Waals surface area contributed by atoms with E-state index in [0.29, 0.717) is 12.2 Å². The highest BCUT2D eigenvalue weighted by Crippen LogP contribution is 2.21. The van der Waals surface area contributed by atoms with Crippen molar-refractivity contribution in [3.05, 3.63) is 0 Å². The zero-order valence-electron chi connectivity index (χ0n) is 9.37. The van der Waals surface area contributed by atoms with Crippen LogP contribution in [-0.4, -0.2) is 56.6 Å². The first-order valence-corrected chi connectivity index (χ1v) is 5.78. The first-order valence-electron chi connectivity index (χ1n) is 5.78. The second-order valence-corrected chi connectivity index (χ2v) is 4.97. The Kier molecular flexibility index (Phi) is 3.10. The molecule has 0 aromatic heterocycles. The maximum absolute atomic E-state index is 5.33. The summed E-state index contributed by atoms with van der Waals surface area (Å²) in [4.78, 5) is 0. The fourth-order valence-corrected chi connectivity index (χ4v) is 2.13. The molecule has 0 N–H and O–H groups in total. The van der Waals surface area contributed by atoms with Crippen LogP contribution in [0, 0.1) is 0 Å². The summed E-state index contributed by atoms with van der Waals surface area (Å²) in [5, 5.41) is 0. The Morgan fingerprint density at radius 1 is 1.14 bits per heavy atom. The minimum Gasteiger partial charge on any atom is -0.367 e. The molecule has 3 heteroatoms. The second-order valence-electron chi connectivity index (χ2n) is 4.97. The number of quaternary nitrogens is 1. The van der Waals surface area contributed by atoms with Gasteiger partial charge in [-0.1, -0.05) is 13.3 Å². The van der Waals surface area contributed by atoms with Crippen LogP contribution in [0.5, 0.6) is 0 Å². The van der Waals surface area contributed by atoms with Gasteiger partial charge in [0.05, 0.1) is 26.8 Å². The van der Waals surface area contributed by atoms with Crippen LogP contribution in [0.2, 0.25) is 0 Å². The van der Waals surface area contributed by atoms with Gasteiger partial charge < -0.3 is 14.0 Å². The molecule has 0 radical (unpaired) electrons. The first-order chi connectivity index (χ1) is 6.72. The molecule has 0 aliphatic carbocycles. The maximum Gasteiger partial charge on any atom is 0.130 e. The molecule has 2 saturated heterocycles. The molecule has 14 heavy (non-hydrogen) atoms. The Labute approximate surface area is 86.6 Å². The summed E-state index contributed by atoms with van der Waals surface area (Å²) in [5.41, 5.74) is 0. The number of epoxide rings is 2. The van der Waals surface area contributed by atoms with Gasteiger partial charge in [0, 0.05) is 0 Å². The van der Waals surface area contributed by atoms with Gasteiger partial charge in [-0.15, -0.1) is 0 Å². The highest BCUT2D eigenvalue weighted by Gasteiger charge is 2.38. The molecule has 3 nitrogen and oxygen atoms in total. The van der Waals surface area contributed by atoms with Crippen LogP contribution >= 0.6 is 0 Å². The number of likely N-dealkylation sites (N-methyl/N-ethyl adjacent to an activating group) is 1. The van der Waals surface area contributed by atoms with Crippen LogP contribution in [0.25, 0.3) is 0 Å². The van der Waals surface area contributed by atoms with E-state index in [4.69, 9.17) is 9.47 Å². The van der Waals surface area contributed by atoms with Gasteiger partial charge in [-0.25, -0.2) is 0 Å². The largest absolute Gasteiger partial charge is 0.367 e. The fraction of sp³-hybridized carbons (Fsp3) is 1.00. The van der Waals surface area contributed by atoms with Crippen molar-refractivity contribution in [2.45, 2.75) is 32.0 Å². The predicted octanol–water partition coefficient (Wildman–Crippen LogP) is 1.03. The highest BCUT2D eigenvalue weighted by atomic mass is 16.6. The van der Waals surface area contributed by atoms with Crippen molar-refractivity contribution >= 4 is 0 Å². The molecule has 2 fully saturated rings. The lowest BCUT2D eigenvalue weighted by Gasteiger charge is -2.33. The van der Waals surface area contributed by atoms with Gasteiger partial charge in [0.15, 0.2) is 0 Å². The van der Waals surface area contributed by atoms with E-state index in [1.165, 1.54) is 32.5 Å². The molecule has 2 aliphatic rings. The molecule has 2 heterocycles. The Morgan fingerprint density at radius 3 is 2.00 bits per heavy atom. The Hall–Kier alpha value is -0.120. The van der Waals surface area contributed by atoms with Crippen molar-refractivity contribution in [2.75, 3.05) is 39.9 Å². The molecule has 0 saturated carbocycles. The van der Waals surface area contributed by atoms with Crippen molar-refractivity contribution in [1.29, 1.82) is 0 Å². The minimum atomic E-state index is 0.538. The second kappa shape index (κ2) is 4.17. The number of ether oxygens (including phenoxy) is 2. The lowest BCUT2D eigenvalue weighted by atomic mass is 10.2. The number of hydrogen-bond acceptors (Lipinski definition) is 2. The summed E-state index contributed by atoms with van der Waals surface area (Å²) in [6, 6.07) is 0. The highest BCUT2D eigenvalue weighted by molar-refractivity contribution is 4.72. The molecule has 0 aromatic carbocycles. The summed E-state index contributed by atoms with van der Waals surface area (Å²) in [5.74, 6) is 0. The summed E-state index contributed by atoms with van der Waals surface area (Å²) < 4.78 is 11.8. The predicted molar refractivity (Wildman–Crippen MR) is 55.2 cm³/mol. The van der Waals surface area contributed by atoms with Gasteiger partial charge >= 0.3 is 0 Å². The number of nitrogens with zero attached hydrogens (tertiary/aromatic N) is 1. The fourth-order valence-electron chi connectivity index (χ4n) is 2.13. The zero-order valence-corrected chi connectivity index (χ0v) is 9.37. The summed E-state index contributed by atoms with van der Waals surface area (Å²) >= 11 is 0. The average Bonchev–Trinajstić information content (AvgIpc) is 2.98. The SMILES string of the molecule is CCCC[N+](C)(CC1CO1)CC1CO1. The van der Waals surface area contributed by atoms with Crippen molar-refractivity contribution in [1.82, 2.24) is 0 Å². The van der Waals surface area contributed by atoms with Gasteiger partial charge in [-0.2, -0.15) is 0 Å². The standard InChI is InChI=1S/C11H22NO2/c1-3-4-5-12(2,6-10-8-13-10)7-11-9-14-11/h10-11H,3-9H2,1-2H3/q+1. The van der Waals surface area contributed by atoms with Crippen LogP contribution in [0.15, 0.2) is 0 Å². The molecule has 2 unspecified atom stereocenters. The smallest absolute Gasteiger partial charge is 0.130 e. The van der Waals surface area contributed by atoms with Crippen LogP contribution in [0.1, 0.15) is 19.8 Å². The van der Waals surface area contributed by atoms with E-state index in [9.17, 15) is 0 Å². The molecule has 0 amide bonds. The third kappa shape index (κ3) is 3.23. The number of hydrogen-bond donors (Lipinski definition) is 0. The van der Waals surface area contributed by atoms with Gasteiger partial charge in [0.1, 0.15) is 25.3 Å². The van der Waals surface area contributed by atoms with Gasteiger partial charge in [0.25, 0.3) is 0 Å². The van der Waals surface area contributed by atoms with E-state index < -0.39 is 0 Å². The Morgan fingerprint density at radius 2 is 1.64 bits per heavy atom. The number of rotatable bonds is 7. The summed E-state index contributed by atoms with van der Waals surface area (Å²) in [6.07, 6.45) is 3.67. The van der Waals surface area contributed by atoms with Gasteiger partial charge in [0.2, 0.25) is 0 Å². The molecule has 82 valence electrons. The molecule has 2 aliphatic heterocycles. The van der Waals surface area contributed by atoms with Crippen molar-refractivity contribution < 1.29 is 14.0 Å². The minimum absolute atomic E-state index is 0.538. The van der Waals surface area contributed by atoms with E-state index in [1.807, 2.05) is 0 Å². The lowest BCUT2D eigenvalue weighted by molar-refractivity contribution is -0.910. The molecule has 2 rings (SSSR count). The third-order valence-corrected chi connectivity index (χ3v) is 3.15. The van der Waals surface area contributed by atoms with E-state index >= 15 is 0 Å². The van der Waals surface area contributed by atoms with E-state index in [-0.39, 0.29) is 0 Å². The molecule has 0 bridgehead atoms. The summed E-state index contributed by atoms with van der Waals surface area (Å²) in [6.45, 7) is 7.85. The maximum atomic E-state index is 5.33. The first kappa shape index (κ1) is 10.4. The van der Waals surface area contributed by atoms with Crippen molar-refractivity contribution in [3.63, 3.8) is 0 Å². The molecular weight excluding hydrogens is 178 g/mol. The van der Waals surface area contributed by atoms with E-state index in [1.54, 1.807) is 0 Å².